The first-order valence-corrected chi connectivity index (χ1v) is 17.2. The summed E-state index contributed by atoms with van der Waals surface area (Å²) in [7, 11) is 0. The van der Waals surface area contributed by atoms with E-state index < -0.39 is 11.8 Å². The summed E-state index contributed by atoms with van der Waals surface area (Å²) < 4.78 is 1.87. The van der Waals surface area contributed by atoms with E-state index >= 15 is 0 Å². The van der Waals surface area contributed by atoms with Gasteiger partial charge in [0.2, 0.25) is 23.6 Å². The van der Waals surface area contributed by atoms with Crippen molar-refractivity contribution in [1.29, 1.82) is 0 Å². The number of amides is 4. The number of carbonyl (C=O) groups is 4. The Hall–Kier alpha value is -6.43. The van der Waals surface area contributed by atoms with E-state index in [4.69, 9.17) is 0 Å². The molecule has 0 aliphatic carbocycles. The molecule has 0 bridgehead atoms. The summed E-state index contributed by atoms with van der Waals surface area (Å²) in [6.45, 7) is 2.06. The lowest BCUT2D eigenvalue weighted by Crippen LogP contribution is -2.57. The number of hydrogen-bond donors (Lipinski definition) is 4. The van der Waals surface area contributed by atoms with Crippen molar-refractivity contribution in [3.05, 3.63) is 115 Å². The van der Waals surface area contributed by atoms with Crippen molar-refractivity contribution < 1.29 is 29.4 Å². The van der Waals surface area contributed by atoms with Gasteiger partial charge in [0.05, 0.1) is 35.6 Å². The number of benzene rings is 4. The van der Waals surface area contributed by atoms with Gasteiger partial charge in [-0.15, -0.1) is 0 Å². The predicted molar refractivity (Wildman–Crippen MR) is 194 cm³/mol. The van der Waals surface area contributed by atoms with Gasteiger partial charge in [0, 0.05) is 62.0 Å². The van der Waals surface area contributed by atoms with Crippen molar-refractivity contribution in [3.63, 3.8) is 0 Å². The molecule has 12 heteroatoms. The van der Waals surface area contributed by atoms with Crippen LogP contribution < -0.4 is 20.4 Å². The van der Waals surface area contributed by atoms with Gasteiger partial charge in [-0.3, -0.25) is 29.8 Å². The molecule has 4 heterocycles. The number of aromatic nitrogens is 2. The fraction of sp³-hybridized carbons (Fsp3) is 0.225. The van der Waals surface area contributed by atoms with E-state index in [0.717, 1.165) is 33.6 Å². The average molecular weight is 697 g/mol. The molecule has 0 saturated carbocycles. The number of phenolic OH excluding ortho intramolecular Hbond substituents is 2. The number of rotatable bonds is 8. The molecule has 4 aromatic carbocycles. The number of aromatic hydroxyl groups is 2. The Labute approximate surface area is 299 Å². The van der Waals surface area contributed by atoms with Crippen LogP contribution in [0.3, 0.4) is 0 Å². The van der Waals surface area contributed by atoms with Crippen molar-refractivity contribution in [2.45, 2.75) is 31.3 Å². The van der Waals surface area contributed by atoms with E-state index in [2.05, 4.69) is 25.4 Å². The molecule has 3 fully saturated rings. The fourth-order valence-electron chi connectivity index (χ4n) is 7.73. The van der Waals surface area contributed by atoms with Crippen molar-refractivity contribution in [3.8, 4) is 33.9 Å². The van der Waals surface area contributed by atoms with Crippen LogP contribution in [0.5, 0.6) is 11.5 Å². The highest BCUT2D eigenvalue weighted by molar-refractivity contribution is 6.06. The molecule has 0 spiro atoms. The Morgan fingerprint density at radius 3 is 2.17 bits per heavy atom. The third kappa shape index (κ3) is 6.34. The third-order valence-electron chi connectivity index (χ3n) is 10.2. The first-order chi connectivity index (χ1) is 25.2. The molecule has 1 aromatic heterocycles. The van der Waals surface area contributed by atoms with E-state index in [1.54, 1.807) is 36.7 Å². The number of anilines is 2. The van der Waals surface area contributed by atoms with E-state index in [9.17, 15) is 29.4 Å². The molecular weight excluding hydrogens is 660 g/mol. The van der Waals surface area contributed by atoms with Crippen LogP contribution in [-0.4, -0.2) is 69.1 Å². The number of piperazine rings is 1. The molecule has 262 valence electrons. The molecule has 3 aliphatic heterocycles. The highest BCUT2D eigenvalue weighted by atomic mass is 16.3. The second-order valence-electron chi connectivity index (χ2n) is 13.5. The first-order valence-electron chi connectivity index (χ1n) is 17.2. The number of nitrogens with one attached hydrogen (secondary N) is 2. The van der Waals surface area contributed by atoms with E-state index in [0.29, 0.717) is 37.6 Å². The second kappa shape index (κ2) is 13.4. The Bertz CT molecular complexity index is 2200. The van der Waals surface area contributed by atoms with Gasteiger partial charge in [-0.25, -0.2) is 4.98 Å². The minimum atomic E-state index is -0.681. The van der Waals surface area contributed by atoms with Crippen molar-refractivity contribution in [2.75, 3.05) is 29.4 Å². The predicted octanol–water partition coefficient (Wildman–Crippen LogP) is 4.16. The molecule has 3 saturated heterocycles. The highest BCUT2D eigenvalue weighted by Crippen LogP contribution is 2.36. The average Bonchev–Trinajstić information content (AvgIpc) is 3.82. The molecule has 3 aliphatic rings. The molecule has 5 aromatic rings. The van der Waals surface area contributed by atoms with Crippen LogP contribution in [0.1, 0.15) is 30.0 Å². The Balaban J connectivity index is 1.05. The quantitative estimate of drug-likeness (QED) is 0.175. The van der Waals surface area contributed by atoms with Gasteiger partial charge in [-0.2, -0.15) is 0 Å². The highest BCUT2D eigenvalue weighted by Gasteiger charge is 2.42. The van der Waals surface area contributed by atoms with E-state index in [-0.39, 0.29) is 54.0 Å². The van der Waals surface area contributed by atoms with Gasteiger partial charge in [0.15, 0.2) is 0 Å². The summed E-state index contributed by atoms with van der Waals surface area (Å²) in [6, 6.07) is 29.6. The number of carbonyl (C=O) groups excluding carboxylic acids is 4. The Kier molecular flexibility index (Phi) is 8.42. The molecule has 3 atom stereocenters. The summed E-state index contributed by atoms with van der Waals surface area (Å²) in [6.07, 6.45) is 1.83. The van der Waals surface area contributed by atoms with Crippen molar-refractivity contribution in [1.82, 2.24) is 20.2 Å². The van der Waals surface area contributed by atoms with Gasteiger partial charge < -0.3 is 24.6 Å². The topological polar surface area (TPSA) is 157 Å². The van der Waals surface area contributed by atoms with E-state index in [1.165, 1.54) is 0 Å². The Morgan fingerprint density at radius 2 is 1.46 bits per heavy atom. The summed E-state index contributed by atoms with van der Waals surface area (Å²) in [4.78, 5) is 59.0. The summed E-state index contributed by atoms with van der Waals surface area (Å²) in [5.74, 6) is -2.22. The van der Waals surface area contributed by atoms with Gasteiger partial charge in [-0.05, 0) is 59.2 Å². The minimum absolute atomic E-state index is 0.0413. The molecule has 52 heavy (non-hydrogen) atoms. The normalized spacial score (nSPS) is 20.3. The molecule has 12 nitrogen and oxygen atoms in total. The lowest BCUT2D eigenvalue weighted by atomic mass is 9.93. The van der Waals surface area contributed by atoms with Gasteiger partial charge in [0.25, 0.3) is 0 Å². The molecular formula is C40H36N6O6. The standard InChI is InChI=1S/C40H36N6O6/c47-30-8-4-7-29(18-30)46-14-13-44(22-34(46)32-19-35(49)42-39(32)51)28-11-9-25(10-12-28)27-15-24(16-31(48)17-27)21-45-23-41-37(26-5-2-1-3-6-26)38(45)33-20-36(50)43-40(33)52/h1-12,15-18,23,32-34,47-48H,13-14,19-22H2,(H,42,49,51)(H,43,50,52). The van der Waals surface area contributed by atoms with Crippen molar-refractivity contribution >= 4 is 35.0 Å². The van der Waals surface area contributed by atoms with Crippen LogP contribution in [0.25, 0.3) is 22.4 Å². The first kappa shape index (κ1) is 32.8. The number of nitrogens with zero attached hydrogens (tertiary/aromatic N) is 4. The third-order valence-corrected chi connectivity index (χ3v) is 10.2. The maximum Gasteiger partial charge on any atom is 0.236 e. The van der Waals surface area contributed by atoms with Crippen LogP contribution in [0.4, 0.5) is 11.4 Å². The largest absolute Gasteiger partial charge is 0.508 e. The molecule has 4 amide bonds. The fourth-order valence-corrected chi connectivity index (χ4v) is 7.73. The smallest absolute Gasteiger partial charge is 0.236 e. The number of imidazole rings is 1. The van der Waals surface area contributed by atoms with Gasteiger partial charge in [0.1, 0.15) is 11.5 Å². The lowest BCUT2D eigenvalue weighted by Gasteiger charge is -2.45. The molecule has 4 N–H and O–H groups in total. The van der Waals surface area contributed by atoms with Crippen LogP contribution in [-0.2, 0) is 25.7 Å². The van der Waals surface area contributed by atoms with E-state index in [1.807, 2.05) is 71.3 Å². The van der Waals surface area contributed by atoms with Crippen LogP contribution in [0.15, 0.2) is 103 Å². The molecule has 0 radical (unpaired) electrons. The van der Waals surface area contributed by atoms with Crippen LogP contribution in [0.2, 0.25) is 0 Å². The zero-order valence-corrected chi connectivity index (χ0v) is 28.1. The minimum Gasteiger partial charge on any atom is -0.508 e. The summed E-state index contributed by atoms with van der Waals surface area (Å²) >= 11 is 0. The van der Waals surface area contributed by atoms with Gasteiger partial charge in [-0.1, -0.05) is 48.5 Å². The zero-order valence-electron chi connectivity index (χ0n) is 28.1. The van der Waals surface area contributed by atoms with Crippen LogP contribution >= 0.6 is 0 Å². The molecule has 8 rings (SSSR count). The SMILES string of the molecule is O=C1CC(c2c(-c3ccccc3)ncn2Cc2cc(O)cc(-c3ccc(N4CCN(c5cccc(O)c5)C(C5CC(=O)NC5=O)C4)cc3)c2)C(=O)N1. The van der Waals surface area contributed by atoms with Gasteiger partial charge >= 0.3 is 0 Å². The van der Waals surface area contributed by atoms with Crippen molar-refractivity contribution in [2.24, 2.45) is 5.92 Å². The second-order valence-corrected chi connectivity index (χ2v) is 13.5. The maximum absolute atomic E-state index is 12.9. The van der Waals surface area contributed by atoms with Crippen LogP contribution in [0, 0.1) is 5.92 Å². The number of phenols is 2. The zero-order chi connectivity index (χ0) is 35.9. The monoisotopic (exact) mass is 696 g/mol. The Morgan fingerprint density at radius 1 is 0.692 bits per heavy atom. The lowest BCUT2D eigenvalue weighted by molar-refractivity contribution is -0.127. The maximum atomic E-state index is 12.9. The summed E-state index contributed by atoms with van der Waals surface area (Å²) in [5.41, 5.74) is 6.34. The number of imide groups is 2. The number of hydrogen-bond acceptors (Lipinski definition) is 9. The molecule has 3 unspecified atom stereocenters. The summed E-state index contributed by atoms with van der Waals surface area (Å²) in [5, 5.41) is 25.8.